The predicted octanol–water partition coefficient (Wildman–Crippen LogP) is 3.39. The summed E-state index contributed by atoms with van der Waals surface area (Å²) in [5.74, 6) is 1.24. The molecule has 1 aliphatic rings. The third-order valence-corrected chi connectivity index (χ3v) is 5.43. The van der Waals surface area contributed by atoms with E-state index in [1.54, 1.807) is 43.1 Å². The lowest BCUT2D eigenvalue weighted by Gasteiger charge is -2.22. The monoisotopic (exact) mass is 378 g/mol. The van der Waals surface area contributed by atoms with Crippen LogP contribution in [0, 0.1) is 0 Å². The molecule has 2 N–H and O–H groups in total. The Bertz CT molecular complexity index is 569. The smallest absolute Gasteiger partial charge is 0.251 e. The molecule has 0 unspecified atom stereocenters. The van der Waals surface area contributed by atoms with E-state index in [0.29, 0.717) is 17.7 Å². The summed E-state index contributed by atoms with van der Waals surface area (Å²) in [4.78, 5) is 25.3. The summed E-state index contributed by atoms with van der Waals surface area (Å²) in [6.07, 6.45) is 9.53. The molecular weight excluding hydrogens is 348 g/mol. The van der Waals surface area contributed by atoms with Crippen LogP contribution in [-0.2, 0) is 4.79 Å². The molecule has 2 rings (SSSR count). The van der Waals surface area contributed by atoms with Gasteiger partial charge in [0.15, 0.2) is 0 Å². The summed E-state index contributed by atoms with van der Waals surface area (Å²) in [7, 11) is 1.59. The summed E-state index contributed by atoms with van der Waals surface area (Å²) in [6.45, 7) is 0. The maximum Gasteiger partial charge on any atom is 0.251 e. The van der Waals surface area contributed by atoms with E-state index in [0.717, 1.165) is 18.6 Å². The zero-order valence-electron chi connectivity index (χ0n) is 15.8. The Morgan fingerprint density at radius 3 is 2.38 bits per heavy atom. The fourth-order valence-corrected chi connectivity index (χ4v) is 3.69. The van der Waals surface area contributed by atoms with Gasteiger partial charge in [-0.1, -0.05) is 25.7 Å². The SMILES string of the molecule is COc1ccc(C(=O)N[C@@H](CCSC)C(=O)NC2CCCCCC2)cc1. The number of thioether (sulfide) groups is 1. The molecule has 2 amide bonds. The fraction of sp³-hybridized carbons (Fsp3) is 0.600. The van der Waals surface area contributed by atoms with Crippen molar-refractivity contribution in [2.24, 2.45) is 0 Å². The molecular formula is C20H30N2O3S. The minimum Gasteiger partial charge on any atom is -0.497 e. The molecule has 6 heteroatoms. The Kier molecular flexibility index (Phi) is 8.81. The van der Waals surface area contributed by atoms with Gasteiger partial charge in [0.1, 0.15) is 11.8 Å². The number of hydrogen-bond donors (Lipinski definition) is 2. The Labute approximate surface area is 160 Å². The summed E-state index contributed by atoms with van der Waals surface area (Å²) >= 11 is 1.68. The molecule has 144 valence electrons. The van der Waals surface area contributed by atoms with E-state index >= 15 is 0 Å². The van der Waals surface area contributed by atoms with Crippen LogP contribution < -0.4 is 15.4 Å². The molecule has 1 saturated carbocycles. The predicted molar refractivity (Wildman–Crippen MR) is 107 cm³/mol. The van der Waals surface area contributed by atoms with Gasteiger partial charge in [0.05, 0.1) is 7.11 Å². The van der Waals surface area contributed by atoms with Gasteiger partial charge >= 0.3 is 0 Å². The highest BCUT2D eigenvalue weighted by Gasteiger charge is 2.24. The molecule has 0 bridgehead atoms. The molecule has 0 aliphatic heterocycles. The summed E-state index contributed by atoms with van der Waals surface area (Å²) < 4.78 is 5.12. The summed E-state index contributed by atoms with van der Waals surface area (Å²) in [5, 5.41) is 6.07. The van der Waals surface area contributed by atoms with Crippen molar-refractivity contribution in [3.05, 3.63) is 29.8 Å². The van der Waals surface area contributed by atoms with Gasteiger partial charge in [-0.15, -0.1) is 0 Å². The van der Waals surface area contributed by atoms with Crippen LogP contribution in [-0.4, -0.2) is 43.0 Å². The quantitative estimate of drug-likeness (QED) is 0.681. The highest BCUT2D eigenvalue weighted by atomic mass is 32.2. The largest absolute Gasteiger partial charge is 0.497 e. The van der Waals surface area contributed by atoms with Gasteiger partial charge in [0, 0.05) is 11.6 Å². The Balaban J connectivity index is 1.97. The molecule has 0 heterocycles. The number of methoxy groups -OCH3 is 1. The first kappa shape index (κ1) is 20.6. The second-order valence-corrected chi connectivity index (χ2v) is 7.72. The van der Waals surface area contributed by atoms with Gasteiger partial charge in [0.2, 0.25) is 5.91 Å². The highest BCUT2D eigenvalue weighted by molar-refractivity contribution is 7.98. The van der Waals surface area contributed by atoms with Gasteiger partial charge in [-0.25, -0.2) is 0 Å². The van der Waals surface area contributed by atoms with Crippen molar-refractivity contribution < 1.29 is 14.3 Å². The molecule has 1 aromatic rings. The van der Waals surface area contributed by atoms with Gasteiger partial charge in [-0.05, 0) is 55.5 Å². The zero-order chi connectivity index (χ0) is 18.8. The molecule has 1 aromatic carbocycles. The first-order chi connectivity index (χ1) is 12.6. The Morgan fingerprint density at radius 1 is 1.15 bits per heavy atom. The topological polar surface area (TPSA) is 67.4 Å². The number of carbonyl (C=O) groups is 2. The van der Waals surface area contributed by atoms with E-state index in [2.05, 4.69) is 10.6 Å². The average Bonchev–Trinajstić information content (AvgIpc) is 2.93. The Morgan fingerprint density at radius 2 is 1.81 bits per heavy atom. The second-order valence-electron chi connectivity index (χ2n) is 6.73. The Hall–Kier alpha value is -1.69. The van der Waals surface area contributed by atoms with Crippen molar-refractivity contribution in [1.29, 1.82) is 0 Å². The molecule has 1 fully saturated rings. The number of nitrogens with one attached hydrogen (secondary N) is 2. The van der Waals surface area contributed by atoms with E-state index in [1.165, 1.54) is 25.7 Å². The maximum atomic E-state index is 12.7. The van der Waals surface area contributed by atoms with Crippen molar-refractivity contribution in [1.82, 2.24) is 10.6 Å². The van der Waals surface area contributed by atoms with Crippen molar-refractivity contribution in [3.63, 3.8) is 0 Å². The molecule has 0 radical (unpaired) electrons. The lowest BCUT2D eigenvalue weighted by molar-refractivity contribution is -0.123. The van der Waals surface area contributed by atoms with Crippen LogP contribution in [0.2, 0.25) is 0 Å². The van der Waals surface area contributed by atoms with Crippen LogP contribution in [0.3, 0.4) is 0 Å². The standard InChI is InChI=1S/C20H30N2O3S/c1-25-17-11-9-15(10-12-17)19(23)22-18(13-14-26-2)20(24)21-16-7-5-3-4-6-8-16/h9-12,16,18H,3-8,13-14H2,1-2H3,(H,21,24)(H,22,23)/t18-/m0/s1. The lowest BCUT2D eigenvalue weighted by Crippen LogP contribution is -2.49. The van der Waals surface area contributed by atoms with Crippen molar-refractivity contribution in [2.75, 3.05) is 19.1 Å². The third-order valence-electron chi connectivity index (χ3n) is 4.79. The molecule has 1 aliphatic carbocycles. The fourth-order valence-electron chi connectivity index (χ4n) is 3.21. The van der Waals surface area contributed by atoms with Crippen molar-refractivity contribution >= 4 is 23.6 Å². The van der Waals surface area contributed by atoms with Gasteiger partial charge in [-0.2, -0.15) is 11.8 Å². The van der Waals surface area contributed by atoms with Crippen LogP contribution >= 0.6 is 11.8 Å². The number of ether oxygens (including phenoxy) is 1. The molecule has 0 aromatic heterocycles. The van der Waals surface area contributed by atoms with Crippen LogP contribution in [0.5, 0.6) is 5.75 Å². The summed E-state index contributed by atoms with van der Waals surface area (Å²) in [6, 6.07) is 6.65. The second kappa shape index (κ2) is 11.1. The average molecular weight is 379 g/mol. The normalized spacial score (nSPS) is 16.4. The first-order valence-electron chi connectivity index (χ1n) is 9.38. The van der Waals surface area contributed by atoms with Crippen LogP contribution in [0.25, 0.3) is 0 Å². The molecule has 1 atom stereocenters. The number of amides is 2. The maximum absolute atomic E-state index is 12.7. The number of hydrogen-bond acceptors (Lipinski definition) is 4. The molecule has 5 nitrogen and oxygen atoms in total. The highest BCUT2D eigenvalue weighted by Crippen LogP contribution is 2.18. The minimum atomic E-state index is -0.500. The van der Waals surface area contributed by atoms with Gasteiger partial charge in [0.25, 0.3) is 5.91 Å². The van der Waals surface area contributed by atoms with Gasteiger partial charge < -0.3 is 15.4 Å². The van der Waals surface area contributed by atoms with Crippen LogP contribution in [0.15, 0.2) is 24.3 Å². The zero-order valence-corrected chi connectivity index (χ0v) is 16.6. The van der Waals surface area contributed by atoms with Crippen molar-refractivity contribution in [2.45, 2.75) is 57.0 Å². The minimum absolute atomic E-state index is 0.0622. The first-order valence-corrected chi connectivity index (χ1v) is 10.8. The van der Waals surface area contributed by atoms with E-state index in [9.17, 15) is 9.59 Å². The van der Waals surface area contributed by atoms with Crippen molar-refractivity contribution in [3.8, 4) is 5.75 Å². The van der Waals surface area contributed by atoms with Gasteiger partial charge in [-0.3, -0.25) is 9.59 Å². The number of carbonyl (C=O) groups excluding carboxylic acids is 2. The van der Waals surface area contributed by atoms with Crippen LogP contribution in [0.4, 0.5) is 0 Å². The summed E-state index contributed by atoms with van der Waals surface area (Å²) in [5.41, 5.74) is 0.530. The molecule has 26 heavy (non-hydrogen) atoms. The molecule has 0 saturated heterocycles. The van der Waals surface area contributed by atoms with E-state index in [4.69, 9.17) is 4.74 Å². The van der Waals surface area contributed by atoms with E-state index in [-0.39, 0.29) is 17.9 Å². The number of rotatable bonds is 8. The van der Waals surface area contributed by atoms with E-state index in [1.807, 2.05) is 6.26 Å². The molecule has 0 spiro atoms. The van der Waals surface area contributed by atoms with Crippen LogP contribution in [0.1, 0.15) is 55.3 Å². The lowest BCUT2D eigenvalue weighted by atomic mass is 10.1. The van der Waals surface area contributed by atoms with E-state index < -0.39 is 6.04 Å². The number of benzene rings is 1. The third kappa shape index (κ3) is 6.56.